The van der Waals surface area contributed by atoms with E-state index < -0.39 is 11.7 Å². The van der Waals surface area contributed by atoms with E-state index in [9.17, 15) is 18.0 Å². The van der Waals surface area contributed by atoms with Crippen LogP contribution in [0, 0.1) is 0 Å². The van der Waals surface area contributed by atoms with E-state index in [-0.39, 0.29) is 19.0 Å². The number of aromatic nitrogens is 2. The van der Waals surface area contributed by atoms with E-state index in [0.29, 0.717) is 28.6 Å². The number of carbonyl (C=O) groups is 1. The molecule has 0 atom stereocenters. The van der Waals surface area contributed by atoms with Crippen molar-refractivity contribution >= 4 is 17.2 Å². The zero-order valence-electron chi connectivity index (χ0n) is 16.2. The van der Waals surface area contributed by atoms with E-state index in [1.165, 1.54) is 23.5 Å². The molecular formula is C22H18F3N3O2S. The first-order chi connectivity index (χ1) is 14.9. The Hall–Kier alpha value is -3.33. The Labute approximate surface area is 180 Å². The van der Waals surface area contributed by atoms with Crippen LogP contribution in [-0.2, 0) is 25.8 Å². The number of thiophene rings is 1. The van der Waals surface area contributed by atoms with E-state index in [2.05, 4.69) is 4.98 Å². The Morgan fingerprint density at radius 3 is 2.55 bits per heavy atom. The van der Waals surface area contributed by atoms with Crippen LogP contribution in [0.25, 0.3) is 0 Å². The van der Waals surface area contributed by atoms with E-state index in [1.54, 1.807) is 41.8 Å². The highest BCUT2D eigenvalue weighted by molar-refractivity contribution is 7.12. The van der Waals surface area contributed by atoms with Gasteiger partial charge in [0.2, 0.25) is 0 Å². The molecule has 0 spiro atoms. The monoisotopic (exact) mass is 445 g/mol. The van der Waals surface area contributed by atoms with Crippen LogP contribution < -0.4 is 0 Å². The molecule has 0 N–H and O–H groups in total. The van der Waals surface area contributed by atoms with Crippen molar-refractivity contribution in [3.8, 4) is 0 Å². The second-order valence-electron chi connectivity index (χ2n) is 6.88. The molecule has 0 radical (unpaired) electrons. The van der Waals surface area contributed by atoms with Crippen molar-refractivity contribution in [3.05, 3.63) is 100 Å². The summed E-state index contributed by atoms with van der Waals surface area (Å²) in [4.78, 5) is 19.6. The van der Waals surface area contributed by atoms with Crippen LogP contribution in [0.3, 0.4) is 0 Å². The summed E-state index contributed by atoms with van der Waals surface area (Å²) >= 11 is 1.35. The maximum atomic E-state index is 13.0. The van der Waals surface area contributed by atoms with Gasteiger partial charge < -0.3 is 13.9 Å². The van der Waals surface area contributed by atoms with Gasteiger partial charge in [-0.05, 0) is 41.3 Å². The fourth-order valence-corrected chi connectivity index (χ4v) is 3.84. The van der Waals surface area contributed by atoms with Gasteiger partial charge in [-0.1, -0.05) is 18.2 Å². The maximum Gasteiger partial charge on any atom is 0.416 e. The zero-order chi connectivity index (χ0) is 21.8. The summed E-state index contributed by atoms with van der Waals surface area (Å²) in [5, 5.41) is 1.84. The molecule has 0 bridgehead atoms. The standard InChI is InChI=1S/C22H18F3N3O2S/c23-22(24,25)17-7-5-16(6-8-17)13-27-10-9-26-20(27)15-28(14-18-3-1-11-30-18)21(29)19-4-2-12-31-19/h1-12H,13-15H2. The highest BCUT2D eigenvalue weighted by Gasteiger charge is 2.30. The van der Waals surface area contributed by atoms with Gasteiger partial charge in [-0.15, -0.1) is 11.3 Å². The number of nitrogens with zero attached hydrogens (tertiary/aromatic N) is 3. The molecule has 0 saturated heterocycles. The number of benzene rings is 1. The molecule has 0 fully saturated rings. The molecule has 160 valence electrons. The van der Waals surface area contributed by atoms with Gasteiger partial charge in [-0.3, -0.25) is 4.79 Å². The largest absolute Gasteiger partial charge is 0.467 e. The molecule has 0 unspecified atom stereocenters. The maximum absolute atomic E-state index is 13.0. The van der Waals surface area contributed by atoms with Gasteiger partial charge in [-0.2, -0.15) is 13.2 Å². The van der Waals surface area contributed by atoms with Gasteiger partial charge in [0.15, 0.2) is 0 Å². The van der Waals surface area contributed by atoms with Crippen LogP contribution in [0.4, 0.5) is 13.2 Å². The third-order valence-electron chi connectivity index (χ3n) is 4.71. The Kier molecular flexibility index (Phi) is 5.94. The first-order valence-corrected chi connectivity index (χ1v) is 10.3. The lowest BCUT2D eigenvalue weighted by atomic mass is 10.1. The summed E-state index contributed by atoms with van der Waals surface area (Å²) < 4.78 is 45.6. The van der Waals surface area contributed by atoms with Crippen molar-refractivity contribution in [3.63, 3.8) is 0 Å². The van der Waals surface area contributed by atoms with Crippen molar-refractivity contribution in [1.29, 1.82) is 0 Å². The molecule has 5 nitrogen and oxygen atoms in total. The topological polar surface area (TPSA) is 51.3 Å². The van der Waals surface area contributed by atoms with Gasteiger partial charge in [-0.25, -0.2) is 4.98 Å². The van der Waals surface area contributed by atoms with Crippen molar-refractivity contribution in [2.24, 2.45) is 0 Å². The fraction of sp³-hybridized carbons (Fsp3) is 0.182. The van der Waals surface area contributed by atoms with Gasteiger partial charge in [0.25, 0.3) is 5.91 Å². The van der Waals surface area contributed by atoms with Gasteiger partial charge in [0.1, 0.15) is 11.6 Å². The van der Waals surface area contributed by atoms with Gasteiger partial charge in [0, 0.05) is 18.9 Å². The van der Waals surface area contributed by atoms with Crippen LogP contribution in [0.2, 0.25) is 0 Å². The number of furan rings is 1. The second-order valence-corrected chi connectivity index (χ2v) is 7.83. The number of imidazole rings is 1. The van der Waals surface area contributed by atoms with Gasteiger partial charge >= 0.3 is 6.18 Å². The van der Waals surface area contributed by atoms with E-state index in [1.807, 2.05) is 16.0 Å². The molecule has 9 heteroatoms. The first kappa shape index (κ1) is 20.9. The second kappa shape index (κ2) is 8.81. The van der Waals surface area contributed by atoms with E-state index in [0.717, 1.165) is 12.1 Å². The lowest BCUT2D eigenvalue weighted by Crippen LogP contribution is -2.30. The highest BCUT2D eigenvalue weighted by Crippen LogP contribution is 2.29. The molecule has 0 saturated carbocycles. The van der Waals surface area contributed by atoms with Crippen LogP contribution >= 0.6 is 11.3 Å². The predicted octanol–water partition coefficient (Wildman–Crippen LogP) is 5.45. The molecular weight excluding hydrogens is 427 g/mol. The summed E-state index contributed by atoms with van der Waals surface area (Å²) in [6.45, 7) is 0.844. The summed E-state index contributed by atoms with van der Waals surface area (Å²) in [7, 11) is 0. The molecule has 31 heavy (non-hydrogen) atoms. The predicted molar refractivity (Wildman–Crippen MR) is 109 cm³/mol. The van der Waals surface area contributed by atoms with Crippen LogP contribution in [-0.4, -0.2) is 20.4 Å². The smallest absolute Gasteiger partial charge is 0.416 e. The molecule has 0 aliphatic heterocycles. The molecule has 3 aromatic heterocycles. The number of halogens is 3. The number of carbonyl (C=O) groups excluding carboxylic acids is 1. The Bertz CT molecular complexity index is 1120. The van der Waals surface area contributed by atoms with Crippen molar-refractivity contribution in [2.45, 2.75) is 25.8 Å². The summed E-state index contributed by atoms with van der Waals surface area (Å²) in [5.74, 6) is 1.12. The first-order valence-electron chi connectivity index (χ1n) is 9.41. The SMILES string of the molecule is O=C(c1cccs1)N(Cc1ccco1)Cc1nccn1Cc1ccc(C(F)(F)F)cc1. The Morgan fingerprint density at radius 1 is 1.10 bits per heavy atom. The quantitative estimate of drug-likeness (QED) is 0.380. The van der Waals surface area contributed by atoms with Crippen molar-refractivity contribution in [1.82, 2.24) is 14.5 Å². The molecule has 4 aromatic rings. The van der Waals surface area contributed by atoms with Gasteiger partial charge in [0.05, 0.1) is 29.8 Å². The normalized spacial score (nSPS) is 11.6. The zero-order valence-corrected chi connectivity index (χ0v) is 17.1. The number of hydrogen-bond acceptors (Lipinski definition) is 4. The van der Waals surface area contributed by atoms with E-state index >= 15 is 0 Å². The number of alkyl halides is 3. The van der Waals surface area contributed by atoms with Crippen LogP contribution in [0.5, 0.6) is 0 Å². The summed E-state index contributed by atoms with van der Waals surface area (Å²) in [6, 6.07) is 12.2. The average molecular weight is 445 g/mol. The van der Waals surface area contributed by atoms with Crippen molar-refractivity contribution < 1.29 is 22.4 Å². The number of hydrogen-bond donors (Lipinski definition) is 0. The Balaban J connectivity index is 1.53. The minimum Gasteiger partial charge on any atom is -0.467 e. The molecule has 1 aromatic carbocycles. The molecule has 4 rings (SSSR count). The van der Waals surface area contributed by atoms with Crippen molar-refractivity contribution in [2.75, 3.05) is 0 Å². The average Bonchev–Trinajstić information content (AvgIpc) is 3.51. The number of rotatable bonds is 7. The molecule has 1 amide bonds. The minimum atomic E-state index is -4.37. The van der Waals surface area contributed by atoms with Crippen LogP contribution in [0.1, 0.15) is 32.4 Å². The highest BCUT2D eigenvalue weighted by atomic mass is 32.1. The Morgan fingerprint density at radius 2 is 1.90 bits per heavy atom. The summed E-state index contributed by atoms with van der Waals surface area (Å²) in [6.07, 6.45) is 0.537. The van der Waals surface area contributed by atoms with Crippen LogP contribution in [0.15, 0.2) is 77.0 Å². The molecule has 0 aliphatic rings. The minimum absolute atomic E-state index is 0.143. The summed E-state index contributed by atoms with van der Waals surface area (Å²) in [5.41, 5.74) is 0.0164. The molecule has 3 heterocycles. The lowest BCUT2D eigenvalue weighted by molar-refractivity contribution is -0.137. The number of amides is 1. The molecule has 0 aliphatic carbocycles. The van der Waals surface area contributed by atoms with E-state index in [4.69, 9.17) is 4.42 Å². The third kappa shape index (κ3) is 5.05. The fourth-order valence-electron chi connectivity index (χ4n) is 3.15. The third-order valence-corrected chi connectivity index (χ3v) is 5.57. The lowest BCUT2D eigenvalue weighted by Gasteiger charge is -2.21.